The lowest BCUT2D eigenvalue weighted by atomic mass is 9.91. The van der Waals surface area contributed by atoms with E-state index in [1.807, 2.05) is 0 Å². The second kappa shape index (κ2) is 5.31. The van der Waals surface area contributed by atoms with Gasteiger partial charge in [0.25, 0.3) is 0 Å². The molecule has 0 amide bonds. The maximum atomic E-state index is 6.06. The number of rotatable bonds is 5. The van der Waals surface area contributed by atoms with Crippen LogP contribution < -0.4 is 5.73 Å². The standard InChI is InChI=1S/C14H23N3S/c1-11(2)6-7-14(3)10-16-13(15)17(14)9-12-5-4-8-18-12/h4-5,8,11H,6-7,9-10H2,1-3H3,(H2,15,16). The number of nitrogens with zero attached hydrogens (tertiary/aromatic N) is 2. The van der Waals surface area contributed by atoms with Crippen LogP contribution in [0.15, 0.2) is 22.5 Å². The summed E-state index contributed by atoms with van der Waals surface area (Å²) in [7, 11) is 0. The van der Waals surface area contributed by atoms with E-state index in [-0.39, 0.29) is 5.54 Å². The molecule has 0 saturated carbocycles. The molecule has 0 bridgehead atoms. The van der Waals surface area contributed by atoms with Gasteiger partial charge in [-0.2, -0.15) is 0 Å². The molecule has 1 aliphatic heterocycles. The van der Waals surface area contributed by atoms with Gasteiger partial charge in [0.05, 0.1) is 18.6 Å². The van der Waals surface area contributed by atoms with Crippen LogP contribution in [0.4, 0.5) is 0 Å². The highest BCUT2D eigenvalue weighted by Gasteiger charge is 2.37. The Labute approximate surface area is 114 Å². The van der Waals surface area contributed by atoms with E-state index in [1.165, 1.54) is 11.3 Å². The Hall–Kier alpha value is -1.03. The highest BCUT2D eigenvalue weighted by molar-refractivity contribution is 7.09. The Morgan fingerprint density at radius 2 is 2.33 bits per heavy atom. The molecule has 2 heterocycles. The zero-order chi connectivity index (χ0) is 13.2. The molecule has 100 valence electrons. The normalized spacial score (nSPS) is 23.8. The van der Waals surface area contributed by atoms with Gasteiger partial charge < -0.3 is 10.6 Å². The summed E-state index contributed by atoms with van der Waals surface area (Å²) in [6.07, 6.45) is 2.38. The molecule has 2 N–H and O–H groups in total. The van der Waals surface area contributed by atoms with Crippen molar-refractivity contribution < 1.29 is 0 Å². The number of hydrogen-bond acceptors (Lipinski definition) is 4. The van der Waals surface area contributed by atoms with Crippen LogP contribution in [0.2, 0.25) is 0 Å². The summed E-state index contributed by atoms with van der Waals surface area (Å²) >= 11 is 1.78. The molecule has 3 nitrogen and oxygen atoms in total. The van der Waals surface area contributed by atoms with Crippen LogP contribution >= 0.6 is 11.3 Å². The average molecular weight is 265 g/mol. The zero-order valence-corrected chi connectivity index (χ0v) is 12.3. The lowest BCUT2D eigenvalue weighted by Crippen LogP contribution is -2.49. The Bertz CT molecular complexity index is 411. The minimum absolute atomic E-state index is 0.0956. The first-order valence-corrected chi connectivity index (χ1v) is 7.49. The number of hydrogen-bond donors (Lipinski definition) is 1. The van der Waals surface area contributed by atoms with Gasteiger partial charge in [0.15, 0.2) is 5.96 Å². The molecule has 1 atom stereocenters. The van der Waals surface area contributed by atoms with E-state index in [1.54, 1.807) is 11.3 Å². The lowest BCUT2D eigenvalue weighted by molar-refractivity contribution is 0.191. The van der Waals surface area contributed by atoms with E-state index in [9.17, 15) is 0 Å². The smallest absolute Gasteiger partial charge is 0.192 e. The monoisotopic (exact) mass is 265 g/mol. The Balaban J connectivity index is 2.06. The number of nitrogens with two attached hydrogens (primary N) is 1. The highest BCUT2D eigenvalue weighted by atomic mass is 32.1. The van der Waals surface area contributed by atoms with Gasteiger partial charge in [-0.15, -0.1) is 11.3 Å². The number of guanidine groups is 1. The van der Waals surface area contributed by atoms with Gasteiger partial charge in [-0.3, -0.25) is 4.99 Å². The summed E-state index contributed by atoms with van der Waals surface area (Å²) in [6, 6.07) is 4.26. The van der Waals surface area contributed by atoms with Crippen LogP contribution in [0.3, 0.4) is 0 Å². The molecule has 1 unspecified atom stereocenters. The van der Waals surface area contributed by atoms with Crippen LogP contribution in [-0.2, 0) is 6.54 Å². The molecule has 0 aromatic carbocycles. The van der Waals surface area contributed by atoms with Gasteiger partial charge >= 0.3 is 0 Å². The van der Waals surface area contributed by atoms with Gasteiger partial charge in [0, 0.05) is 4.88 Å². The first-order chi connectivity index (χ1) is 8.51. The summed E-state index contributed by atoms with van der Waals surface area (Å²) < 4.78 is 0. The largest absolute Gasteiger partial charge is 0.370 e. The predicted octanol–water partition coefficient (Wildman–Crippen LogP) is 3.07. The minimum Gasteiger partial charge on any atom is -0.370 e. The molecule has 0 aliphatic carbocycles. The van der Waals surface area contributed by atoms with E-state index in [0.29, 0.717) is 5.96 Å². The Morgan fingerprint density at radius 1 is 1.56 bits per heavy atom. The predicted molar refractivity (Wildman–Crippen MR) is 78.8 cm³/mol. The molecule has 2 rings (SSSR count). The zero-order valence-electron chi connectivity index (χ0n) is 11.5. The number of aliphatic imine (C=N–C) groups is 1. The molecule has 18 heavy (non-hydrogen) atoms. The molecule has 1 aromatic heterocycles. The van der Waals surface area contributed by atoms with Crippen molar-refractivity contribution in [2.45, 2.75) is 45.7 Å². The SMILES string of the molecule is CC(C)CCC1(C)CN=C(N)N1Cc1cccs1. The van der Waals surface area contributed by atoms with Gasteiger partial charge in [0.1, 0.15) is 0 Å². The molecule has 0 fully saturated rings. The van der Waals surface area contributed by atoms with E-state index in [2.05, 4.69) is 48.2 Å². The summed E-state index contributed by atoms with van der Waals surface area (Å²) in [5, 5.41) is 2.12. The van der Waals surface area contributed by atoms with Gasteiger partial charge in [0.2, 0.25) is 0 Å². The van der Waals surface area contributed by atoms with E-state index >= 15 is 0 Å². The third-order valence-corrected chi connectivity index (χ3v) is 4.53. The van der Waals surface area contributed by atoms with Crippen molar-refractivity contribution in [2.75, 3.05) is 6.54 Å². The maximum absolute atomic E-state index is 6.06. The molecule has 0 saturated heterocycles. The van der Waals surface area contributed by atoms with Crippen LogP contribution in [0, 0.1) is 5.92 Å². The Morgan fingerprint density at radius 3 is 2.94 bits per heavy atom. The second-order valence-electron chi connectivity index (χ2n) is 5.77. The van der Waals surface area contributed by atoms with Crippen LogP contribution in [-0.4, -0.2) is 22.9 Å². The molecule has 4 heteroatoms. The summed E-state index contributed by atoms with van der Waals surface area (Å²) in [6.45, 7) is 8.54. The third kappa shape index (κ3) is 2.86. The van der Waals surface area contributed by atoms with Crippen molar-refractivity contribution >= 4 is 17.3 Å². The van der Waals surface area contributed by atoms with Crippen molar-refractivity contribution in [3.63, 3.8) is 0 Å². The summed E-state index contributed by atoms with van der Waals surface area (Å²) in [5.41, 5.74) is 6.15. The van der Waals surface area contributed by atoms with Crippen molar-refractivity contribution in [3.8, 4) is 0 Å². The van der Waals surface area contributed by atoms with Crippen molar-refractivity contribution in [3.05, 3.63) is 22.4 Å². The second-order valence-corrected chi connectivity index (χ2v) is 6.80. The van der Waals surface area contributed by atoms with E-state index in [4.69, 9.17) is 5.73 Å². The fourth-order valence-electron chi connectivity index (χ4n) is 2.34. The molecule has 1 aromatic rings. The fourth-order valence-corrected chi connectivity index (χ4v) is 3.04. The highest BCUT2D eigenvalue weighted by Crippen LogP contribution is 2.30. The Kier molecular flexibility index (Phi) is 3.95. The van der Waals surface area contributed by atoms with Crippen molar-refractivity contribution in [1.29, 1.82) is 0 Å². The molecular weight excluding hydrogens is 242 g/mol. The maximum Gasteiger partial charge on any atom is 0.192 e. The molecule has 0 spiro atoms. The number of thiophene rings is 1. The minimum atomic E-state index is 0.0956. The van der Waals surface area contributed by atoms with Gasteiger partial charge in [-0.1, -0.05) is 19.9 Å². The fraction of sp³-hybridized carbons (Fsp3) is 0.643. The molecular formula is C14H23N3S. The average Bonchev–Trinajstić information content (AvgIpc) is 2.91. The first-order valence-electron chi connectivity index (χ1n) is 6.61. The van der Waals surface area contributed by atoms with Gasteiger partial charge in [-0.25, -0.2) is 0 Å². The van der Waals surface area contributed by atoms with E-state index in [0.717, 1.165) is 25.4 Å². The topological polar surface area (TPSA) is 41.6 Å². The first kappa shape index (κ1) is 13.4. The van der Waals surface area contributed by atoms with Crippen LogP contribution in [0.5, 0.6) is 0 Å². The molecule has 0 radical (unpaired) electrons. The quantitative estimate of drug-likeness (QED) is 0.889. The summed E-state index contributed by atoms with van der Waals surface area (Å²) in [5.74, 6) is 1.43. The third-order valence-electron chi connectivity index (χ3n) is 3.66. The molecule has 1 aliphatic rings. The van der Waals surface area contributed by atoms with Crippen LogP contribution in [0.25, 0.3) is 0 Å². The van der Waals surface area contributed by atoms with Crippen LogP contribution in [0.1, 0.15) is 38.5 Å². The van der Waals surface area contributed by atoms with Crippen molar-refractivity contribution in [1.82, 2.24) is 4.90 Å². The van der Waals surface area contributed by atoms with Crippen molar-refractivity contribution in [2.24, 2.45) is 16.6 Å². The lowest BCUT2D eigenvalue weighted by Gasteiger charge is -2.36. The van der Waals surface area contributed by atoms with E-state index < -0.39 is 0 Å². The van der Waals surface area contributed by atoms with Gasteiger partial charge in [-0.05, 0) is 37.1 Å². The summed E-state index contributed by atoms with van der Waals surface area (Å²) in [4.78, 5) is 8.09.